The number of benzene rings is 1. The maximum absolute atomic E-state index is 6.20. The Hall–Kier alpha value is -2.80. The van der Waals surface area contributed by atoms with Crippen LogP contribution in [0.5, 0.6) is 5.75 Å². The number of aromatic nitrogens is 4. The molecule has 2 N–H and O–H groups in total. The number of ether oxygens (including phenoxy) is 1. The fraction of sp³-hybridized carbons (Fsp3) is 0.118. The summed E-state index contributed by atoms with van der Waals surface area (Å²) in [7, 11) is 3.45. The smallest absolute Gasteiger partial charge is 0.229 e. The fourth-order valence-electron chi connectivity index (χ4n) is 2.16. The van der Waals surface area contributed by atoms with Crippen LogP contribution >= 0.6 is 11.6 Å². The van der Waals surface area contributed by atoms with E-state index in [9.17, 15) is 0 Å². The van der Waals surface area contributed by atoms with Crippen molar-refractivity contribution in [1.29, 1.82) is 0 Å². The van der Waals surface area contributed by atoms with Crippen molar-refractivity contribution < 1.29 is 4.74 Å². The lowest BCUT2D eigenvalue weighted by atomic mass is 10.1. The molecule has 7 nitrogen and oxygen atoms in total. The van der Waals surface area contributed by atoms with Crippen LogP contribution in [-0.2, 0) is 7.05 Å². The summed E-state index contributed by atoms with van der Waals surface area (Å²) in [5, 5.41) is 10.7. The van der Waals surface area contributed by atoms with E-state index in [4.69, 9.17) is 16.3 Å². The van der Waals surface area contributed by atoms with Crippen molar-refractivity contribution in [2.24, 2.45) is 7.05 Å². The van der Waals surface area contributed by atoms with E-state index in [-0.39, 0.29) is 0 Å². The Bertz CT molecular complexity index is 866. The molecule has 0 atom stereocenters. The standard InChI is InChI=1S/C17H17ClN6O/c1-11(12-5-4-6-14(7-12)25-3)21-16-15(18)9-19-17(23-16)22-13-8-20-24(2)10-13/h4-10H,1H2,2-3H3,(H2,19,21,22,23). The molecular weight excluding hydrogens is 340 g/mol. The van der Waals surface area contributed by atoms with E-state index in [1.54, 1.807) is 18.0 Å². The van der Waals surface area contributed by atoms with Gasteiger partial charge in [0, 0.05) is 13.2 Å². The largest absolute Gasteiger partial charge is 0.497 e. The quantitative estimate of drug-likeness (QED) is 0.704. The van der Waals surface area contributed by atoms with Gasteiger partial charge in [0.15, 0.2) is 5.82 Å². The first-order chi connectivity index (χ1) is 12.0. The number of aryl methyl sites for hydroxylation is 1. The lowest BCUT2D eigenvalue weighted by molar-refractivity contribution is 0.414. The van der Waals surface area contributed by atoms with E-state index >= 15 is 0 Å². The molecule has 128 valence electrons. The summed E-state index contributed by atoms with van der Waals surface area (Å²) < 4.78 is 6.91. The van der Waals surface area contributed by atoms with Gasteiger partial charge in [-0.1, -0.05) is 23.7 Å². The zero-order chi connectivity index (χ0) is 17.8. The van der Waals surface area contributed by atoms with Crippen molar-refractivity contribution in [3.63, 3.8) is 0 Å². The summed E-state index contributed by atoms with van der Waals surface area (Å²) in [4.78, 5) is 8.56. The molecule has 3 aromatic rings. The monoisotopic (exact) mass is 356 g/mol. The van der Waals surface area contributed by atoms with Crippen molar-refractivity contribution in [1.82, 2.24) is 19.7 Å². The van der Waals surface area contributed by atoms with Gasteiger partial charge < -0.3 is 15.4 Å². The van der Waals surface area contributed by atoms with Gasteiger partial charge in [0.25, 0.3) is 0 Å². The minimum absolute atomic E-state index is 0.390. The van der Waals surface area contributed by atoms with Gasteiger partial charge in [-0.15, -0.1) is 0 Å². The predicted octanol–water partition coefficient (Wildman–Crippen LogP) is 3.44. The first-order valence-corrected chi connectivity index (χ1v) is 7.81. The minimum Gasteiger partial charge on any atom is -0.497 e. The second kappa shape index (κ2) is 7.40. The Morgan fingerprint density at radius 2 is 2.16 bits per heavy atom. The molecule has 25 heavy (non-hydrogen) atoms. The molecule has 0 aliphatic rings. The molecule has 0 bridgehead atoms. The molecule has 0 amide bonds. The third-order valence-corrected chi connectivity index (χ3v) is 3.67. The summed E-state index contributed by atoms with van der Waals surface area (Å²) in [6.45, 7) is 4.03. The molecule has 8 heteroatoms. The number of hydrogen-bond acceptors (Lipinski definition) is 6. The first kappa shape index (κ1) is 17.0. The highest BCUT2D eigenvalue weighted by atomic mass is 35.5. The second-order valence-corrected chi connectivity index (χ2v) is 5.66. The zero-order valence-electron chi connectivity index (χ0n) is 13.8. The molecule has 2 radical (unpaired) electrons. The highest BCUT2D eigenvalue weighted by Gasteiger charge is 2.12. The van der Waals surface area contributed by atoms with E-state index in [2.05, 4.69) is 32.6 Å². The van der Waals surface area contributed by atoms with E-state index < -0.39 is 0 Å². The van der Waals surface area contributed by atoms with Crippen molar-refractivity contribution in [3.05, 3.63) is 66.4 Å². The summed E-state index contributed by atoms with van der Waals surface area (Å²) >= 11 is 6.20. The second-order valence-electron chi connectivity index (χ2n) is 5.25. The lowest BCUT2D eigenvalue weighted by Gasteiger charge is -2.16. The summed E-state index contributed by atoms with van der Waals surface area (Å²) in [6, 6.07) is 8.19. The van der Waals surface area contributed by atoms with E-state index in [0.29, 0.717) is 22.8 Å². The summed E-state index contributed by atoms with van der Waals surface area (Å²) in [5.41, 5.74) is 1.65. The fourth-order valence-corrected chi connectivity index (χ4v) is 2.29. The Labute approximate surface area is 151 Å². The number of halogens is 1. The van der Waals surface area contributed by atoms with Crippen molar-refractivity contribution >= 4 is 29.1 Å². The molecule has 2 aromatic heterocycles. The average molecular weight is 357 g/mol. The Kier molecular flexibility index (Phi) is 5.04. The van der Waals surface area contributed by atoms with Crippen LogP contribution in [0.15, 0.2) is 42.9 Å². The number of rotatable bonds is 6. The molecule has 2 heterocycles. The van der Waals surface area contributed by atoms with Crippen molar-refractivity contribution in [2.75, 3.05) is 17.7 Å². The van der Waals surface area contributed by atoms with Crippen LogP contribution < -0.4 is 15.4 Å². The third-order valence-electron chi connectivity index (χ3n) is 3.39. The molecule has 0 saturated heterocycles. The third kappa shape index (κ3) is 4.19. The minimum atomic E-state index is 0.390. The number of methoxy groups -OCH3 is 1. The lowest BCUT2D eigenvalue weighted by Crippen LogP contribution is -2.11. The molecule has 1 aromatic carbocycles. The maximum atomic E-state index is 6.20. The van der Waals surface area contributed by atoms with E-state index in [1.165, 1.54) is 6.20 Å². The molecular formula is C17H17ClN6O. The van der Waals surface area contributed by atoms with E-state index in [1.807, 2.05) is 37.5 Å². The van der Waals surface area contributed by atoms with E-state index in [0.717, 1.165) is 17.0 Å². The molecule has 0 saturated carbocycles. The molecule has 0 spiro atoms. The molecule has 0 unspecified atom stereocenters. The van der Waals surface area contributed by atoms with Gasteiger partial charge in [-0.3, -0.25) is 4.68 Å². The van der Waals surface area contributed by atoms with Gasteiger partial charge in [0.1, 0.15) is 10.8 Å². The van der Waals surface area contributed by atoms with Crippen LogP contribution in [0.25, 0.3) is 0 Å². The number of nitrogens with one attached hydrogen (secondary N) is 2. The highest BCUT2D eigenvalue weighted by molar-refractivity contribution is 6.32. The van der Waals surface area contributed by atoms with Crippen LogP contribution in [0.2, 0.25) is 5.02 Å². The van der Waals surface area contributed by atoms with Crippen LogP contribution in [-0.4, -0.2) is 26.9 Å². The summed E-state index contributed by atoms with van der Waals surface area (Å²) in [5.74, 6) is 1.60. The Morgan fingerprint density at radius 3 is 2.88 bits per heavy atom. The van der Waals surface area contributed by atoms with Gasteiger partial charge in [0.05, 0.1) is 31.2 Å². The average Bonchev–Trinajstić information content (AvgIpc) is 3.02. The van der Waals surface area contributed by atoms with Gasteiger partial charge >= 0.3 is 0 Å². The van der Waals surface area contributed by atoms with Gasteiger partial charge in [-0.05, 0) is 24.6 Å². The normalized spacial score (nSPS) is 10.8. The summed E-state index contributed by atoms with van der Waals surface area (Å²) in [6.07, 6.45) is 5.02. The number of nitrogens with zero attached hydrogens (tertiary/aromatic N) is 4. The Morgan fingerprint density at radius 1 is 1.32 bits per heavy atom. The van der Waals surface area contributed by atoms with Crippen LogP contribution in [0, 0.1) is 13.0 Å². The maximum Gasteiger partial charge on any atom is 0.229 e. The molecule has 3 rings (SSSR count). The van der Waals surface area contributed by atoms with Gasteiger partial charge in [-0.25, -0.2) is 4.98 Å². The zero-order valence-corrected chi connectivity index (χ0v) is 14.6. The van der Waals surface area contributed by atoms with Crippen LogP contribution in [0.3, 0.4) is 0 Å². The number of anilines is 3. The first-order valence-electron chi connectivity index (χ1n) is 7.43. The molecule has 0 aliphatic heterocycles. The Balaban J connectivity index is 1.77. The highest BCUT2D eigenvalue weighted by Crippen LogP contribution is 2.26. The van der Waals surface area contributed by atoms with Crippen LogP contribution in [0.4, 0.5) is 17.5 Å². The molecule has 0 fully saturated rings. The molecule has 0 aliphatic carbocycles. The SMILES string of the molecule is [CH2][C](Nc1nc(Nc2cnn(C)c2)ncc1Cl)c1cccc(OC)c1. The van der Waals surface area contributed by atoms with Crippen LogP contribution in [0.1, 0.15) is 5.56 Å². The predicted molar refractivity (Wildman–Crippen MR) is 97.9 cm³/mol. The topological polar surface area (TPSA) is 76.9 Å². The van der Waals surface area contributed by atoms with Gasteiger partial charge in [0.2, 0.25) is 5.95 Å². The van der Waals surface area contributed by atoms with Gasteiger partial charge in [-0.2, -0.15) is 10.1 Å². The number of hydrogen-bond donors (Lipinski definition) is 2. The van der Waals surface area contributed by atoms with Crippen molar-refractivity contribution in [2.45, 2.75) is 0 Å². The van der Waals surface area contributed by atoms with Crippen molar-refractivity contribution in [3.8, 4) is 5.75 Å².